The van der Waals surface area contributed by atoms with Gasteiger partial charge in [-0.05, 0) is 23.2 Å². The molecule has 1 aliphatic rings. The van der Waals surface area contributed by atoms with Crippen molar-refractivity contribution < 1.29 is 0 Å². The second kappa shape index (κ2) is 5.24. The molecule has 2 rings (SSSR count). The molecule has 0 saturated carbocycles. The van der Waals surface area contributed by atoms with Crippen molar-refractivity contribution >= 4 is 11.8 Å². The molecule has 0 amide bonds. The van der Waals surface area contributed by atoms with Crippen LogP contribution < -0.4 is 5.32 Å². The number of thioether (sulfide) groups is 1. The van der Waals surface area contributed by atoms with Gasteiger partial charge in [0, 0.05) is 18.3 Å². The first-order valence-corrected chi connectivity index (χ1v) is 7.19. The van der Waals surface area contributed by atoms with Gasteiger partial charge in [-0.1, -0.05) is 44.2 Å². The highest BCUT2D eigenvalue weighted by molar-refractivity contribution is 7.99. The van der Waals surface area contributed by atoms with Crippen LogP contribution in [-0.2, 0) is 6.54 Å². The highest BCUT2D eigenvalue weighted by Gasteiger charge is 2.31. The Hall–Kier alpha value is -0.470. The Bertz CT molecular complexity index is 321. The predicted octanol–water partition coefficient (Wildman–Crippen LogP) is 3.31. The normalized spacial score (nSPS) is 24.2. The summed E-state index contributed by atoms with van der Waals surface area (Å²) in [7, 11) is 0. The highest BCUT2D eigenvalue weighted by atomic mass is 32.2. The third kappa shape index (κ3) is 3.02. The van der Waals surface area contributed by atoms with Crippen LogP contribution in [0.3, 0.4) is 0 Å². The number of hydrogen-bond acceptors (Lipinski definition) is 2. The minimum absolute atomic E-state index is 0.444. The Kier molecular flexibility index (Phi) is 3.93. The minimum atomic E-state index is 0.444. The molecular weight excluding hydrogens is 214 g/mol. The van der Waals surface area contributed by atoms with E-state index in [-0.39, 0.29) is 0 Å². The van der Waals surface area contributed by atoms with Crippen molar-refractivity contribution in [3.63, 3.8) is 0 Å². The van der Waals surface area contributed by atoms with Gasteiger partial charge in [-0.3, -0.25) is 0 Å². The van der Waals surface area contributed by atoms with Gasteiger partial charge in [-0.15, -0.1) is 0 Å². The fraction of sp³-hybridized carbons (Fsp3) is 0.571. The number of hydrogen-bond donors (Lipinski definition) is 1. The van der Waals surface area contributed by atoms with Crippen molar-refractivity contribution in [2.45, 2.75) is 32.9 Å². The van der Waals surface area contributed by atoms with E-state index in [1.165, 1.54) is 23.5 Å². The minimum Gasteiger partial charge on any atom is -0.309 e. The molecule has 2 heteroatoms. The van der Waals surface area contributed by atoms with Gasteiger partial charge in [0.15, 0.2) is 0 Å². The molecule has 1 aromatic rings. The zero-order valence-corrected chi connectivity index (χ0v) is 11.0. The van der Waals surface area contributed by atoms with E-state index < -0.39 is 0 Å². The molecule has 1 nitrogen and oxygen atoms in total. The zero-order chi connectivity index (χ0) is 11.4. The Morgan fingerprint density at radius 1 is 1.31 bits per heavy atom. The standard InChI is InChI=1S/C14H21NS/c1-14(2)8-9-16-11-13(14)15-10-12-6-4-3-5-7-12/h3-7,13,15H,8-11H2,1-2H3. The lowest BCUT2D eigenvalue weighted by atomic mass is 9.82. The second-order valence-electron chi connectivity index (χ2n) is 5.23. The van der Waals surface area contributed by atoms with Gasteiger partial charge in [0.2, 0.25) is 0 Å². The maximum atomic E-state index is 3.71. The summed E-state index contributed by atoms with van der Waals surface area (Å²) in [4.78, 5) is 0. The summed E-state index contributed by atoms with van der Waals surface area (Å²) in [6.45, 7) is 5.76. The first kappa shape index (κ1) is 12.0. The largest absolute Gasteiger partial charge is 0.309 e. The third-order valence-electron chi connectivity index (χ3n) is 3.51. The summed E-state index contributed by atoms with van der Waals surface area (Å²) in [6, 6.07) is 11.3. The van der Waals surface area contributed by atoms with Crippen LogP contribution in [0.4, 0.5) is 0 Å². The molecule has 0 radical (unpaired) electrons. The molecule has 16 heavy (non-hydrogen) atoms. The van der Waals surface area contributed by atoms with Crippen LogP contribution in [-0.4, -0.2) is 17.5 Å². The van der Waals surface area contributed by atoms with Crippen molar-refractivity contribution in [2.24, 2.45) is 5.41 Å². The van der Waals surface area contributed by atoms with E-state index in [4.69, 9.17) is 0 Å². The lowest BCUT2D eigenvalue weighted by Crippen LogP contribution is -2.46. The zero-order valence-electron chi connectivity index (χ0n) is 10.2. The second-order valence-corrected chi connectivity index (χ2v) is 6.38. The van der Waals surface area contributed by atoms with Gasteiger partial charge in [0.05, 0.1) is 0 Å². The van der Waals surface area contributed by atoms with E-state index in [0.717, 1.165) is 6.54 Å². The van der Waals surface area contributed by atoms with E-state index in [2.05, 4.69) is 61.3 Å². The molecule has 1 unspecified atom stereocenters. The fourth-order valence-electron chi connectivity index (χ4n) is 2.11. The summed E-state index contributed by atoms with van der Waals surface area (Å²) in [6.07, 6.45) is 1.32. The van der Waals surface area contributed by atoms with E-state index in [1.54, 1.807) is 0 Å². The highest BCUT2D eigenvalue weighted by Crippen LogP contribution is 2.34. The van der Waals surface area contributed by atoms with Gasteiger partial charge in [-0.2, -0.15) is 11.8 Å². The van der Waals surface area contributed by atoms with Crippen molar-refractivity contribution in [3.05, 3.63) is 35.9 Å². The Labute approximate surface area is 103 Å². The summed E-state index contributed by atoms with van der Waals surface area (Å²) in [5.41, 5.74) is 1.83. The molecule has 0 bridgehead atoms. The molecule has 88 valence electrons. The first-order valence-electron chi connectivity index (χ1n) is 6.03. The van der Waals surface area contributed by atoms with Gasteiger partial charge in [-0.25, -0.2) is 0 Å². The van der Waals surface area contributed by atoms with Crippen LogP contribution in [0, 0.1) is 5.41 Å². The molecule has 0 aromatic heterocycles. The summed E-state index contributed by atoms with van der Waals surface area (Å²) in [5, 5.41) is 3.71. The maximum Gasteiger partial charge on any atom is 0.0212 e. The van der Waals surface area contributed by atoms with Crippen molar-refractivity contribution in [3.8, 4) is 0 Å². The van der Waals surface area contributed by atoms with Crippen molar-refractivity contribution in [2.75, 3.05) is 11.5 Å². The van der Waals surface area contributed by atoms with Crippen LogP contribution in [0.2, 0.25) is 0 Å². The van der Waals surface area contributed by atoms with Crippen molar-refractivity contribution in [1.82, 2.24) is 5.32 Å². The van der Waals surface area contributed by atoms with Gasteiger partial charge >= 0.3 is 0 Å². The molecular formula is C14H21NS. The Morgan fingerprint density at radius 2 is 2.06 bits per heavy atom. The summed E-state index contributed by atoms with van der Waals surface area (Å²) < 4.78 is 0. The van der Waals surface area contributed by atoms with Crippen LogP contribution in [0.15, 0.2) is 30.3 Å². The predicted molar refractivity (Wildman–Crippen MR) is 72.8 cm³/mol. The Balaban J connectivity index is 1.90. The SMILES string of the molecule is CC1(C)CCSCC1NCc1ccccc1. The average Bonchev–Trinajstić information content (AvgIpc) is 2.28. The van der Waals surface area contributed by atoms with Gasteiger partial charge < -0.3 is 5.32 Å². The lowest BCUT2D eigenvalue weighted by molar-refractivity contribution is 0.245. The number of rotatable bonds is 3. The summed E-state index contributed by atoms with van der Waals surface area (Å²) >= 11 is 2.08. The van der Waals surface area contributed by atoms with Gasteiger partial charge in [0.25, 0.3) is 0 Å². The monoisotopic (exact) mass is 235 g/mol. The molecule has 0 aliphatic carbocycles. The molecule has 1 aromatic carbocycles. The van der Waals surface area contributed by atoms with E-state index >= 15 is 0 Å². The molecule has 1 aliphatic heterocycles. The van der Waals surface area contributed by atoms with E-state index in [0.29, 0.717) is 11.5 Å². The third-order valence-corrected chi connectivity index (χ3v) is 4.58. The molecule has 1 saturated heterocycles. The van der Waals surface area contributed by atoms with Crippen LogP contribution in [0.25, 0.3) is 0 Å². The lowest BCUT2D eigenvalue weighted by Gasteiger charge is -2.39. The summed E-state index contributed by atoms with van der Waals surface area (Å²) in [5.74, 6) is 2.57. The number of nitrogens with one attached hydrogen (secondary N) is 1. The first-order chi connectivity index (χ1) is 7.68. The quantitative estimate of drug-likeness (QED) is 0.862. The Morgan fingerprint density at radius 3 is 2.75 bits per heavy atom. The molecule has 0 spiro atoms. The number of benzene rings is 1. The van der Waals surface area contributed by atoms with Crippen LogP contribution >= 0.6 is 11.8 Å². The molecule has 1 fully saturated rings. The molecule has 1 atom stereocenters. The van der Waals surface area contributed by atoms with Gasteiger partial charge in [0.1, 0.15) is 0 Å². The molecule has 1 N–H and O–H groups in total. The smallest absolute Gasteiger partial charge is 0.0212 e. The van der Waals surface area contributed by atoms with Crippen LogP contribution in [0.1, 0.15) is 25.8 Å². The topological polar surface area (TPSA) is 12.0 Å². The fourth-order valence-corrected chi connectivity index (χ4v) is 3.75. The van der Waals surface area contributed by atoms with Crippen molar-refractivity contribution in [1.29, 1.82) is 0 Å². The molecule has 1 heterocycles. The van der Waals surface area contributed by atoms with E-state index in [1.807, 2.05) is 0 Å². The maximum absolute atomic E-state index is 3.71. The van der Waals surface area contributed by atoms with Crippen LogP contribution in [0.5, 0.6) is 0 Å². The average molecular weight is 235 g/mol. The van der Waals surface area contributed by atoms with E-state index in [9.17, 15) is 0 Å².